The number of hydrogen-bond donors (Lipinski definition) is 1. The minimum absolute atomic E-state index is 0.134. The van der Waals surface area contributed by atoms with E-state index in [0.717, 1.165) is 34.7 Å². The summed E-state index contributed by atoms with van der Waals surface area (Å²) in [5.74, 6) is 0.432. The summed E-state index contributed by atoms with van der Waals surface area (Å²) in [6, 6.07) is 15.3. The molecule has 0 aliphatic carbocycles. The predicted molar refractivity (Wildman–Crippen MR) is 114 cm³/mol. The van der Waals surface area contributed by atoms with Crippen molar-refractivity contribution < 1.29 is 9.53 Å². The van der Waals surface area contributed by atoms with Gasteiger partial charge in [0, 0.05) is 18.5 Å². The minimum atomic E-state index is -0.134. The Morgan fingerprint density at radius 2 is 2.00 bits per heavy atom. The molecule has 2 heterocycles. The molecule has 7 heteroatoms. The number of ether oxygens (including phenoxy) is 1. The number of carbonyl (C=O) groups is 1. The number of carbonyl (C=O) groups excluding carboxylic acids is 1. The molecule has 0 aliphatic heterocycles. The Kier molecular flexibility index (Phi) is 5.86. The zero-order chi connectivity index (χ0) is 20.1. The maximum Gasteiger partial charge on any atom is 0.255 e. The van der Waals surface area contributed by atoms with Gasteiger partial charge in [0.25, 0.3) is 5.91 Å². The monoisotopic (exact) mass is 406 g/mol. The van der Waals surface area contributed by atoms with E-state index in [-0.39, 0.29) is 5.91 Å². The maximum atomic E-state index is 12.6. The third-order valence-corrected chi connectivity index (χ3v) is 5.38. The Labute approximate surface area is 173 Å². The van der Waals surface area contributed by atoms with Crippen LogP contribution in [0.2, 0.25) is 0 Å². The predicted octanol–water partition coefficient (Wildman–Crippen LogP) is 4.20. The van der Waals surface area contributed by atoms with Crippen molar-refractivity contribution in [2.24, 2.45) is 0 Å². The minimum Gasteiger partial charge on any atom is -0.486 e. The Hall–Kier alpha value is -3.19. The van der Waals surface area contributed by atoms with E-state index in [4.69, 9.17) is 4.74 Å². The summed E-state index contributed by atoms with van der Waals surface area (Å²) < 4.78 is 7.95. The van der Waals surface area contributed by atoms with Crippen LogP contribution >= 0.6 is 11.3 Å². The van der Waals surface area contributed by atoms with E-state index in [2.05, 4.69) is 25.9 Å². The number of amides is 1. The van der Waals surface area contributed by atoms with Crippen molar-refractivity contribution in [3.8, 4) is 5.75 Å². The summed E-state index contributed by atoms with van der Waals surface area (Å²) >= 11 is 1.59. The number of aryl methyl sites for hydroxylation is 2. The van der Waals surface area contributed by atoms with Gasteiger partial charge in [-0.2, -0.15) is 0 Å². The lowest BCUT2D eigenvalue weighted by atomic mass is 10.2. The molecule has 0 fully saturated rings. The van der Waals surface area contributed by atoms with Gasteiger partial charge in [-0.1, -0.05) is 24.3 Å². The van der Waals surface area contributed by atoms with Crippen LogP contribution in [0.3, 0.4) is 0 Å². The Balaban J connectivity index is 1.31. The molecule has 4 rings (SSSR count). The fourth-order valence-corrected chi connectivity index (χ4v) is 3.74. The molecule has 0 spiro atoms. The number of para-hydroxylation sites is 3. The summed E-state index contributed by atoms with van der Waals surface area (Å²) in [6.07, 6.45) is 2.66. The second-order valence-corrected chi connectivity index (χ2v) is 7.74. The normalized spacial score (nSPS) is 10.9. The number of fused-ring (bicyclic) bond motifs is 1. The smallest absolute Gasteiger partial charge is 0.255 e. The highest BCUT2D eigenvalue weighted by atomic mass is 32.1. The number of benzene rings is 2. The largest absolute Gasteiger partial charge is 0.486 e. The van der Waals surface area contributed by atoms with E-state index in [0.29, 0.717) is 24.5 Å². The van der Waals surface area contributed by atoms with E-state index < -0.39 is 0 Å². The van der Waals surface area contributed by atoms with Gasteiger partial charge in [0.15, 0.2) is 0 Å². The van der Waals surface area contributed by atoms with Gasteiger partial charge in [0.1, 0.15) is 12.4 Å². The second kappa shape index (κ2) is 8.87. The van der Waals surface area contributed by atoms with E-state index in [1.165, 1.54) is 0 Å². The van der Waals surface area contributed by atoms with Gasteiger partial charge < -0.3 is 14.6 Å². The van der Waals surface area contributed by atoms with Crippen LogP contribution in [0, 0.1) is 6.92 Å². The first-order valence-electron chi connectivity index (χ1n) is 9.51. The molecule has 148 valence electrons. The lowest BCUT2D eigenvalue weighted by Gasteiger charge is -2.11. The summed E-state index contributed by atoms with van der Waals surface area (Å²) in [4.78, 5) is 21.4. The van der Waals surface area contributed by atoms with Crippen molar-refractivity contribution in [3.63, 3.8) is 0 Å². The zero-order valence-electron chi connectivity index (χ0n) is 16.2. The van der Waals surface area contributed by atoms with E-state index in [1.54, 1.807) is 17.4 Å². The molecule has 1 N–H and O–H groups in total. The van der Waals surface area contributed by atoms with E-state index in [1.807, 2.05) is 55.0 Å². The first-order chi connectivity index (χ1) is 14.2. The Morgan fingerprint density at radius 3 is 2.86 bits per heavy atom. The molecule has 6 nitrogen and oxygen atoms in total. The third kappa shape index (κ3) is 4.63. The summed E-state index contributed by atoms with van der Waals surface area (Å²) in [7, 11) is 0. The van der Waals surface area contributed by atoms with Crippen LogP contribution in [-0.4, -0.2) is 27.0 Å². The van der Waals surface area contributed by atoms with Gasteiger partial charge in [-0.3, -0.25) is 4.79 Å². The van der Waals surface area contributed by atoms with Crippen LogP contribution in [0.4, 0.5) is 0 Å². The highest BCUT2D eigenvalue weighted by Gasteiger charge is 2.12. The fourth-order valence-electron chi connectivity index (χ4n) is 3.14. The molecule has 0 saturated heterocycles. The number of imidazole rings is 1. The first-order valence-corrected chi connectivity index (χ1v) is 10.4. The van der Waals surface area contributed by atoms with Gasteiger partial charge >= 0.3 is 0 Å². The van der Waals surface area contributed by atoms with Crippen LogP contribution < -0.4 is 10.1 Å². The van der Waals surface area contributed by atoms with Crippen molar-refractivity contribution in [1.29, 1.82) is 0 Å². The number of nitrogens with zero attached hydrogens (tertiary/aromatic N) is 3. The van der Waals surface area contributed by atoms with Crippen molar-refractivity contribution in [1.82, 2.24) is 19.9 Å². The molecule has 29 heavy (non-hydrogen) atoms. The average molecular weight is 407 g/mol. The lowest BCUT2D eigenvalue weighted by Crippen LogP contribution is -2.25. The molecule has 0 radical (unpaired) electrons. The molecule has 0 saturated carbocycles. The van der Waals surface area contributed by atoms with E-state index in [9.17, 15) is 4.79 Å². The molecule has 2 aromatic carbocycles. The molecule has 0 atom stereocenters. The van der Waals surface area contributed by atoms with Crippen LogP contribution in [0.15, 0.2) is 60.2 Å². The number of nitrogens with one attached hydrogen (secondary N) is 1. The van der Waals surface area contributed by atoms with Crippen molar-refractivity contribution in [2.45, 2.75) is 26.5 Å². The molecular formula is C22H22N4O2S. The van der Waals surface area contributed by atoms with Gasteiger partial charge in [0.05, 0.1) is 33.6 Å². The highest BCUT2D eigenvalue weighted by Crippen LogP contribution is 2.20. The summed E-state index contributed by atoms with van der Waals surface area (Å²) in [5, 5.41) is 5.96. The van der Waals surface area contributed by atoms with Crippen molar-refractivity contribution >= 4 is 28.3 Å². The van der Waals surface area contributed by atoms with Crippen LogP contribution in [0.25, 0.3) is 11.0 Å². The lowest BCUT2D eigenvalue weighted by molar-refractivity contribution is 0.0948. The Morgan fingerprint density at radius 1 is 1.17 bits per heavy atom. The number of thiazole rings is 1. The quantitative estimate of drug-likeness (QED) is 0.445. The zero-order valence-corrected chi connectivity index (χ0v) is 17.0. The molecule has 0 aliphatic rings. The van der Waals surface area contributed by atoms with Gasteiger partial charge in [-0.15, -0.1) is 11.3 Å². The topological polar surface area (TPSA) is 69.0 Å². The van der Waals surface area contributed by atoms with Gasteiger partial charge in [0.2, 0.25) is 0 Å². The molecule has 0 bridgehead atoms. The second-order valence-electron chi connectivity index (χ2n) is 6.68. The van der Waals surface area contributed by atoms with Gasteiger partial charge in [-0.05, 0) is 37.6 Å². The number of rotatable bonds is 8. The molecule has 1 amide bonds. The maximum absolute atomic E-state index is 12.6. The van der Waals surface area contributed by atoms with Crippen molar-refractivity contribution in [2.75, 3.05) is 6.54 Å². The highest BCUT2D eigenvalue weighted by molar-refractivity contribution is 7.09. The van der Waals surface area contributed by atoms with Crippen LogP contribution in [0.5, 0.6) is 5.75 Å². The standard InChI is InChI=1S/C22H22N4O2S/c1-16-25-17(14-29-16)13-28-21-10-5-2-7-18(21)22(27)23-11-6-12-26-15-24-19-8-3-4-9-20(19)26/h2-5,7-10,14-15H,6,11-13H2,1H3,(H,23,27). The van der Waals surface area contributed by atoms with Crippen LogP contribution in [0.1, 0.15) is 27.5 Å². The molecule has 2 aromatic heterocycles. The summed E-state index contributed by atoms with van der Waals surface area (Å²) in [6.45, 7) is 3.68. The van der Waals surface area contributed by atoms with Gasteiger partial charge in [-0.25, -0.2) is 9.97 Å². The molecule has 0 unspecified atom stereocenters. The Bertz CT molecular complexity index is 1120. The number of aromatic nitrogens is 3. The average Bonchev–Trinajstić information content (AvgIpc) is 3.36. The van der Waals surface area contributed by atoms with E-state index >= 15 is 0 Å². The third-order valence-electron chi connectivity index (χ3n) is 4.56. The first kappa shape index (κ1) is 19.1. The van der Waals surface area contributed by atoms with Crippen LogP contribution in [-0.2, 0) is 13.2 Å². The fraction of sp³-hybridized carbons (Fsp3) is 0.227. The SMILES string of the molecule is Cc1nc(COc2ccccc2C(=O)NCCCn2cnc3ccccc32)cs1. The summed E-state index contributed by atoms with van der Waals surface area (Å²) in [5.41, 5.74) is 3.50. The van der Waals surface area contributed by atoms with Crippen molar-refractivity contribution in [3.05, 3.63) is 76.5 Å². The molecule has 4 aromatic rings. The molecular weight excluding hydrogens is 384 g/mol. The number of hydrogen-bond acceptors (Lipinski definition) is 5.